The van der Waals surface area contributed by atoms with Gasteiger partial charge in [-0.05, 0) is 25.0 Å². The van der Waals surface area contributed by atoms with Gasteiger partial charge in [-0.2, -0.15) is 0 Å². The van der Waals surface area contributed by atoms with Gasteiger partial charge in [-0.25, -0.2) is 0 Å². The molecule has 1 aliphatic rings. The highest BCUT2D eigenvalue weighted by Gasteiger charge is 2.15. The van der Waals surface area contributed by atoms with Gasteiger partial charge in [0.05, 0.1) is 20.3 Å². The highest BCUT2D eigenvalue weighted by molar-refractivity contribution is 5.76. The Balaban J connectivity index is 1.70. The highest BCUT2D eigenvalue weighted by Crippen LogP contribution is 2.29. The van der Waals surface area contributed by atoms with E-state index in [1.165, 1.54) is 0 Å². The lowest BCUT2D eigenvalue weighted by Crippen LogP contribution is -2.32. The molecule has 0 aromatic heterocycles. The molecule has 0 spiro atoms. The first kappa shape index (κ1) is 16.4. The molecule has 6 heteroatoms. The summed E-state index contributed by atoms with van der Waals surface area (Å²) in [6.45, 7) is 1.98. The van der Waals surface area contributed by atoms with E-state index in [9.17, 15) is 4.79 Å². The maximum Gasteiger partial charge on any atom is 0.221 e. The number of carbonyl (C=O) groups excluding carboxylic acids is 1. The van der Waals surface area contributed by atoms with Crippen LogP contribution in [-0.2, 0) is 9.53 Å². The molecule has 1 heterocycles. The second kappa shape index (κ2) is 8.48. The third kappa shape index (κ3) is 4.80. The first-order valence-corrected chi connectivity index (χ1v) is 7.57. The second-order valence-electron chi connectivity index (χ2n) is 5.19. The number of nitrogens with one attached hydrogen (secondary N) is 2. The summed E-state index contributed by atoms with van der Waals surface area (Å²) in [6.07, 6.45) is 2.72. The lowest BCUT2D eigenvalue weighted by molar-refractivity contribution is -0.121. The first-order valence-electron chi connectivity index (χ1n) is 7.57. The molecule has 1 fully saturated rings. The third-order valence-electron chi connectivity index (χ3n) is 3.62. The van der Waals surface area contributed by atoms with Crippen molar-refractivity contribution in [2.24, 2.45) is 0 Å². The minimum atomic E-state index is 0.0310. The van der Waals surface area contributed by atoms with Crippen LogP contribution < -0.4 is 20.1 Å². The zero-order chi connectivity index (χ0) is 15.8. The van der Waals surface area contributed by atoms with E-state index < -0.39 is 0 Å². The molecular formula is C16H24N2O4. The molecule has 122 valence electrons. The summed E-state index contributed by atoms with van der Waals surface area (Å²) in [7, 11) is 3.20. The van der Waals surface area contributed by atoms with Gasteiger partial charge in [0.2, 0.25) is 5.91 Å². The summed E-state index contributed by atoms with van der Waals surface area (Å²) in [5.74, 6) is 1.38. The predicted octanol–water partition coefficient (Wildman–Crippen LogP) is 1.80. The van der Waals surface area contributed by atoms with Crippen LogP contribution in [0.15, 0.2) is 18.2 Å². The highest BCUT2D eigenvalue weighted by atomic mass is 16.5. The van der Waals surface area contributed by atoms with Gasteiger partial charge < -0.3 is 24.8 Å². The zero-order valence-electron chi connectivity index (χ0n) is 13.2. The summed E-state index contributed by atoms with van der Waals surface area (Å²) in [5.41, 5.74) is 0.893. The monoisotopic (exact) mass is 308 g/mol. The standard InChI is InChI=1S/C16H24N2O4/c1-20-14-6-5-12(10-15(14)21-2)17-8-7-16(19)18-11-13-4-3-9-22-13/h5-6,10,13,17H,3-4,7-9,11H2,1-2H3,(H,18,19). The number of amides is 1. The van der Waals surface area contributed by atoms with Crippen LogP contribution in [0.2, 0.25) is 0 Å². The molecule has 0 radical (unpaired) electrons. The maximum absolute atomic E-state index is 11.8. The molecule has 2 rings (SSSR count). The molecule has 0 bridgehead atoms. The summed E-state index contributed by atoms with van der Waals surface area (Å²) < 4.78 is 15.9. The first-order chi connectivity index (χ1) is 10.7. The Morgan fingerprint density at radius 1 is 1.32 bits per heavy atom. The molecule has 0 aliphatic carbocycles. The quantitative estimate of drug-likeness (QED) is 0.766. The van der Waals surface area contributed by atoms with Gasteiger partial charge in [-0.3, -0.25) is 4.79 Å². The van der Waals surface area contributed by atoms with Crippen molar-refractivity contribution >= 4 is 11.6 Å². The van der Waals surface area contributed by atoms with Crippen molar-refractivity contribution in [2.45, 2.75) is 25.4 Å². The molecule has 1 saturated heterocycles. The van der Waals surface area contributed by atoms with E-state index >= 15 is 0 Å². The van der Waals surface area contributed by atoms with E-state index in [-0.39, 0.29) is 12.0 Å². The van der Waals surface area contributed by atoms with Crippen molar-refractivity contribution in [3.05, 3.63) is 18.2 Å². The van der Waals surface area contributed by atoms with Crippen molar-refractivity contribution in [1.29, 1.82) is 0 Å². The third-order valence-corrected chi connectivity index (χ3v) is 3.62. The van der Waals surface area contributed by atoms with E-state index in [4.69, 9.17) is 14.2 Å². The lowest BCUT2D eigenvalue weighted by Gasteiger charge is -2.12. The fourth-order valence-electron chi connectivity index (χ4n) is 2.39. The van der Waals surface area contributed by atoms with Gasteiger partial charge in [0.1, 0.15) is 0 Å². The zero-order valence-corrected chi connectivity index (χ0v) is 13.2. The molecule has 6 nitrogen and oxygen atoms in total. The summed E-state index contributed by atoms with van der Waals surface area (Å²) in [6, 6.07) is 5.58. The molecule has 0 saturated carbocycles. The fourth-order valence-corrected chi connectivity index (χ4v) is 2.39. The SMILES string of the molecule is COc1ccc(NCCC(=O)NCC2CCCO2)cc1OC. The summed E-state index contributed by atoms with van der Waals surface area (Å²) in [5, 5.41) is 6.10. The van der Waals surface area contributed by atoms with Crippen LogP contribution in [0.4, 0.5) is 5.69 Å². The topological polar surface area (TPSA) is 68.8 Å². The Kier molecular flexibility index (Phi) is 6.33. The van der Waals surface area contributed by atoms with Gasteiger partial charge in [0.25, 0.3) is 0 Å². The predicted molar refractivity (Wildman–Crippen MR) is 84.6 cm³/mol. The molecule has 1 aromatic carbocycles. The molecule has 22 heavy (non-hydrogen) atoms. The fraction of sp³-hybridized carbons (Fsp3) is 0.562. The lowest BCUT2D eigenvalue weighted by atomic mass is 10.2. The number of hydrogen-bond acceptors (Lipinski definition) is 5. The Morgan fingerprint density at radius 2 is 2.14 bits per heavy atom. The van der Waals surface area contributed by atoms with Gasteiger partial charge in [-0.1, -0.05) is 0 Å². The second-order valence-corrected chi connectivity index (χ2v) is 5.19. The van der Waals surface area contributed by atoms with Crippen LogP contribution in [0.25, 0.3) is 0 Å². The van der Waals surface area contributed by atoms with Crippen LogP contribution in [-0.4, -0.2) is 45.9 Å². The minimum Gasteiger partial charge on any atom is -0.493 e. The van der Waals surface area contributed by atoms with Crippen molar-refractivity contribution < 1.29 is 19.0 Å². The van der Waals surface area contributed by atoms with Crippen LogP contribution in [0.5, 0.6) is 11.5 Å². The van der Waals surface area contributed by atoms with Crippen molar-refractivity contribution in [3.63, 3.8) is 0 Å². The van der Waals surface area contributed by atoms with Crippen LogP contribution in [0.3, 0.4) is 0 Å². The Labute approximate surface area is 131 Å². The maximum atomic E-state index is 11.8. The number of anilines is 1. The number of ether oxygens (including phenoxy) is 3. The number of methoxy groups -OCH3 is 2. The van der Waals surface area contributed by atoms with Gasteiger partial charge in [0.15, 0.2) is 11.5 Å². The smallest absolute Gasteiger partial charge is 0.221 e. The van der Waals surface area contributed by atoms with E-state index in [0.29, 0.717) is 31.0 Å². The van der Waals surface area contributed by atoms with Gasteiger partial charge in [-0.15, -0.1) is 0 Å². The molecule has 1 aromatic rings. The van der Waals surface area contributed by atoms with E-state index in [1.54, 1.807) is 14.2 Å². The van der Waals surface area contributed by atoms with Crippen molar-refractivity contribution in [3.8, 4) is 11.5 Å². The Hall–Kier alpha value is -1.95. The average Bonchev–Trinajstić information content (AvgIpc) is 3.06. The van der Waals surface area contributed by atoms with E-state index in [1.807, 2.05) is 18.2 Å². The minimum absolute atomic E-state index is 0.0310. The average molecular weight is 308 g/mol. The molecule has 2 N–H and O–H groups in total. The summed E-state index contributed by atoms with van der Waals surface area (Å²) in [4.78, 5) is 11.8. The Bertz CT molecular complexity index is 487. The van der Waals surface area contributed by atoms with Crippen molar-refractivity contribution in [1.82, 2.24) is 5.32 Å². The normalized spacial score (nSPS) is 17.1. The van der Waals surface area contributed by atoms with Crippen LogP contribution in [0, 0.1) is 0 Å². The summed E-state index contributed by atoms with van der Waals surface area (Å²) >= 11 is 0. The largest absolute Gasteiger partial charge is 0.493 e. The molecule has 1 unspecified atom stereocenters. The van der Waals surface area contributed by atoms with Crippen molar-refractivity contribution in [2.75, 3.05) is 39.2 Å². The molecule has 1 aliphatic heterocycles. The molecule has 1 amide bonds. The van der Waals surface area contributed by atoms with E-state index in [0.717, 1.165) is 25.1 Å². The van der Waals surface area contributed by atoms with Gasteiger partial charge in [0, 0.05) is 37.9 Å². The van der Waals surface area contributed by atoms with Crippen LogP contribution in [0.1, 0.15) is 19.3 Å². The van der Waals surface area contributed by atoms with Crippen LogP contribution >= 0.6 is 0 Å². The number of benzene rings is 1. The number of carbonyl (C=O) groups is 1. The van der Waals surface area contributed by atoms with Gasteiger partial charge >= 0.3 is 0 Å². The number of hydrogen-bond donors (Lipinski definition) is 2. The number of rotatable bonds is 8. The molecular weight excluding hydrogens is 284 g/mol. The van der Waals surface area contributed by atoms with E-state index in [2.05, 4.69) is 10.6 Å². The molecule has 1 atom stereocenters. The Morgan fingerprint density at radius 3 is 2.82 bits per heavy atom.